The van der Waals surface area contributed by atoms with Crippen molar-refractivity contribution in [2.24, 2.45) is 0 Å². The molecule has 0 aromatic heterocycles. The fourth-order valence-corrected chi connectivity index (χ4v) is 5.09. The van der Waals surface area contributed by atoms with Crippen LogP contribution in [0.2, 0.25) is 5.02 Å². The van der Waals surface area contributed by atoms with E-state index in [-0.39, 0.29) is 47.6 Å². The zero-order valence-corrected chi connectivity index (χ0v) is 19.9. The molecule has 0 saturated carbocycles. The number of amides is 1. The average molecular weight is 495 g/mol. The van der Waals surface area contributed by atoms with E-state index in [1.165, 1.54) is 30.2 Å². The topological polar surface area (TPSA) is 102 Å². The standard InChI is InChI=1S/C23H27ClN2O6S/c1-31-22(27)11-12-26(16-17-6-3-2-4-7-17)23(28)18-9-10-20(24)21(14-18)33(29,30)25-15-19-8-5-13-32-19/h2-4,6-7,9-10,14,19,25H,5,8,11-13,15-16H2,1H3. The van der Waals surface area contributed by atoms with Crippen LogP contribution in [0.1, 0.15) is 35.2 Å². The first kappa shape index (κ1) is 25.2. The molecule has 1 heterocycles. The van der Waals surface area contributed by atoms with E-state index in [2.05, 4.69) is 4.72 Å². The zero-order valence-electron chi connectivity index (χ0n) is 18.3. The summed E-state index contributed by atoms with van der Waals surface area (Å²) in [5, 5.41) is 0.00978. The molecule has 1 aliphatic rings. The van der Waals surface area contributed by atoms with Gasteiger partial charge in [0, 0.05) is 31.8 Å². The van der Waals surface area contributed by atoms with Crippen molar-refractivity contribution in [3.63, 3.8) is 0 Å². The molecule has 10 heteroatoms. The third kappa shape index (κ3) is 7.01. The smallest absolute Gasteiger partial charge is 0.307 e. The van der Waals surface area contributed by atoms with Crippen LogP contribution in [-0.2, 0) is 30.8 Å². The normalized spacial score (nSPS) is 15.9. The number of hydrogen-bond acceptors (Lipinski definition) is 6. The Morgan fingerprint density at radius 3 is 2.64 bits per heavy atom. The number of esters is 1. The van der Waals surface area contributed by atoms with Crippen molar-refractivity contribution in [1.82, 2.24) is 9.62 Å². The monoisotopic (exact) mass is 494 g/mol. The van der Waals surface area contributed by atoms with Crippen LogP contribution in [0.15, 0.2) is 53.4 Å². The van der Waals surface area contributed by atoms with Crippen LogP contribution in [-0.4, -0.2) is 58.1 Å². The van der Waals surface area contributed by atoms with Gasteiger partial charge in [0.2, 0.25) is 10.0 Å². The molecule has 1 unspecified atom stereocenters. The Bertz CT molecular complexity index is 1070. The van der Waals surface area contributed by atoms with E-state index >= 15 is 0 Å². The minimum atomic E-state index is -3.96. The van der Waals surface area contributed by atoms with Gasteiger partial charge in [-0.05, 0) is 36.6 Å². The molecular weight excluding hydrogens is 468 g/mol. The summed E-state index contributed by atoms with van der Waals surface area (Å²) in [6.45, 7) is 1.11. The van der Waals surface area contributed by atoms with Crippen LogP contribution in [0.3, 0.4) is 0 Å². The number of nitrogens with one attached hydrogen (secondary N) is 1. The van der Waals surface area contributed by atoms with Gasteiger partial charge in [-0.25, -0.2) is 13.1 Å². The molecule has 1 aliphatic heterocycles. The number of methoxy groups -OCH3 is 1. The number of nitrogens with zero attached hydrogens (tertiary/aromatic N) is 1. The summed E-state index contributed by atoms with van der Waals surface area (Å²) >= 11 is 6.18. The quantitative estimate of drug-likeness (QED) is 0.509. The highest BCUT2D eigenvalue weighted by atomic mass is 35.5. The van der Waals surface area contributed by atoms with Crippen LogP contribution < -0.4 is 4.72 Å². The minimum Gasteiger partial charge on any atom is -0.469 e. The Morgan fingerprint density at radius 2 is 1.97 bits per heavy atom. The molecule has 3 rings (SSSR count). The lowest BCUT2D eigenvalue weighted by atomic mass is 10.1. The first-order valence-electron chi connectivity index (χ1n) is 10.6. The number of carbonyl (C=O) groups excluding carboxylic acids is 2. The summed E-state index contributed by atoms with van der Waals surface area (Å²) in [5.41, 5.74) is 1.02. The van der Waals surface area contributed by atoms with Crippen molar-refractivity contribution < 1.29 is 27.5 Å². The molecule has 0 radical (unpaired) electrons. The van der Waals surface area contributed by atoms with E-state index in [0.29, 0.717) is 6.61 Å². The largest absolute Gasteiger partial charge is 0.469 e. The fourth-order valence-electron chi connectivity index (χ4n) is 3.50. The highest BCUT2D eigenvalue weighted by molar-refractivity contribution is 7.89. The third-order valence-electron chi connectivity index (χ3n) is 5.31. The molecule has 0 aliphatic carbocycles. The van der Waals surface area contributed by atoms with Crippen LogP contribution in [0.4, 0.5) is 0 Å². The van der Waals surface area contributed by atoms with Gasteiger partial charge in [0.15, 0.2) is 0 Å². The van der Waals surface area contributed by atoms with E-state index in [9.17, 15) is 18.0 Å². The van der Waals surface area contributed by atoms with Gasteiger partial charge in [-0.1, -0.05) is 41.9 Å². The van der Waals surface area contributed by atoms with Gasteiger partial charge >= 0.3 is 5.97 Å². The lowest BCUT2D eigenvalue weighted by molar-refractivity contribution is -0.140. The maximum atomic E-state index is 13.3. The Balaban J connectivity index is 1.82. The molecular formula is C23H27ClN2O6S. The highest BCUT2D eigenvalue weighted by Gasteiger charge is 2.25. The number of rotatable bonds is 10. The molecule has 1 saturated heterocycles. The summed E-state index contributed by atoms with van der Waals surface area (Å²) < 4.78 is 38.4. The summed E-state index contributed by atoms with van der Waals surface area (Å²) in [4.78, 5) is 26.3. The maximum Gasteiger partial charge on any atom is 0.307 e. The lowest BCUT2D eigenvalue weighted by Gasteiger charge is -2.23. The van der Waals surface area contributed by atoms with Crippen molar-refractivity contribution in [3.05, 3.63) is 64.7 Å². The van der Waals surface area contributed by atoms with Gasteiger partial charge in [0.1, 0.15) is 4.90 Å². The number of sulfonamides is 1. The molecule has 1 fully saturated rings. The molecule has 1 N–H and O–H groups in total. The van der Waals surface area contributed by atoms with E-state index in [1.807, 2.05) is 30.3 Å². The second-order valence-electron chi connectivity index (χ2n) is 7.67. The maximum absolute atomic E-state index is 13.3. The molecule has 1 amide bonds. The van der Waals surface area contributed by atoms with Crippen LogP contribution in [0.25, 0.3) is 0 Å². The van der Waals surface area contributed by atoms with Crippen molar-refractivity contribution in [1.29, 1.82) is 0 Å². The second-order valence-corrected chi connectivity index (χ2v) is 9.81. The highest BCUT2D eigenvalue weighted by Crippen LogP contribution is 2.24. The fraction of sp³-hybridized carbons (Fsp3) is 0.391. The van der Waals surface area contributed by atoms with Crippen LogP contribution in [0, 0.1) is 0 Å². The van der Waals surface area contributed by atoms with Gasteiger partial charge in [-0.2, -0.15) is 0 Å². The Morgan fingerprint density at radius 1 is 1.21 bits per heavy atom. The molecule has 0 spiro atoms. The van der Waals surface area contributed by atoms with Crippen molar-refractivity contribution in [2.45, 2.75) is 36.8 Å². The molecule has 1 atom stereocenters. The predicted molar refractivity (Wildman–Crippen MR) is 123 cm³/mol. The number of benzene rings is 2. The average Bonchev–Trinajstić information content (AvgIpc) is 3.34. The summed E-state index contributed by atoms with van der Waals surface area (Å²) in [5.74, 6) is -0.867. The molecule has 178 valence electrons. The van der Waals surface area contributed by atoms with Gasteiger partial charge in [-0.15, -0.1) is 0 Å². The van der Waals surface area contributed by atoms with E-state index in [1.54, 1.807) is 0 Å². The number of hydrogen-bond donors (Lipinski definition) is 1. The molecule has 2 aromatic rings. The van der Waals surface area contributed by atoms with E-state index < -0.39 is 21.9 Å². The Hall–Kier alpha value is -2.46. The van der Waals surface area contributed by atoms with Gasteiger partial charge in [-0.3, -0.25) is 9.59 Å². The Labute approximate surface area is 198 Å². The summed E-state index contributed by atoms with van der Waals surface area (Å²) in [6.07, 6.45) is 1.50. The van der Waals surface area contributed by atoms with Crippen molar-refractivity contribution in [2.75, 3.05) is 26.8 Å². The van der Waals surface area contributed by atoms with E-state index in [4.69, 9.17) is 21.1 Å². The van der Waals surface area contributed by atoms with Crippen LogP contribution in [0.5, 0.6) is 0 Å². The van der Waals surface area contributed by atoms with Crippen LogP contribution >= 0.6 is 11.6 Å². The van der Waals surface area contributed by atoms with Crippen molar-refractivity contribution >= 4 is 33.5 Å². The van der Waals surface area contributed by atoms with Crippen molar-refractivity contribution in [3.8, 4) is 0 Å². The van der Waals surface area contributed by atoms with Gasteiger partial charge in [0.25, 0.3) is 5.91 Å². The summed E-state index contributed by atoms with van der Waals surface area (Å²) in [6, 6.07) is 13.4. The van der Waals surface area contributed by atoms with Gasteiger partial charge in [0.05, 0.1) is 24.7 Å². The minimum absolute atomic E-state index is 0.00978. The second kappa shape index (κ2) is 11.6. The first-order chi connectivity index (χ1) is 15.8. The summed E-state index contributed by atoms with van der Waals surface area (Å²) in [7, 11) is -2.67. The molecule has 2 aromatic carbocycles. The predicted octanol–water partition coefficient (Wildman–Crippen LogP) is 3.00. The molecule has 33 heavy (non-hydrogen) atoms. The number of ether oxygens (including phenoxy) is 2. The Kier molecular flexibility index (Phi) is 8.85. The van der Waals surface area contributed by atoms with E-state index in [0.717, 1.165) is 18.4 Å². The zero-order chi connectivity index (χ0) is 23.8. The lowest BCUT2D eigenvalue weighted by Crippen LogP contribution is -2.34. The first-order valence-corrected chi connectivity index (χ1v) is 12.5. The number of halogens is 1. The molecule has 8 nitrogen and oxygen atoms in total. The van der Waals surface area contributed by atoms with Gasteiger partial charge < -0.3 is 14.4 Å². The third-order valence-corrected chi connectivity index (χ3v) is 7.21. The SMILES string of the molecule is COC(=O)CCN(Cc1ccccc1)C(=O)c1ccc(Cl)c(S(=O)(=O)NCC2CCCO2)c1. The molecule has 0 bridgehead atoms. The number of carbonyl (C=O) groups is 2.